The number of hydrazine groups is 1. The Morgan fingerprint density at radius 2 is 2.12 bits per heavy atom. The minimum atomic E-state index is 0. The molecule has 0 bridgehead atoms. The van der Waals surface area contributed by atoms with Crippen LogP contribution in [0.3, 0.4) is 0 Å². The van der Waals surface area contributed by atoms with Crippen LogP contribution in [-0.4, -0.2) is 6.04 Å². The number of hydrogen-bond acceptors (Lipinski definition) is 2. The van der Waals surface area contributed by atoms with Crippen molar-refractivity contribution in [3.8, 4) is 0 Å². The molecule has 8 heavy (non-hydrogen) atoms. The van der Waals surface area contributed by atoms with Crippen LogP contribution in [0.5, 0.6) is 0 Å². The molecule has 0 heterocycles. The highest BCUT2D eigenvalue weighted by Crippen LogP contribution is 2.31. The third kappa shape index (κ3) is 1.99. The van der Waals surface area contributed by atoms with Gasteiger partial charge >= 0.3 is 0 Å². The Labute approximate surface area is 56.2 Å². The Bertz CT molecular complexity index is 63.4. The van der Waals surface area contributed by atoms with E-state index in [1.54, 1.807) is 0 Å². The highest BCUT2D eigenvalue weighted by molar-refractivity contribution is 5.85. The van der Waals surface area contributed by atoms with Crippen molar-refractivity contribution >= 4 is 12.4 Å². The van der Waals surface area contributed by atoms with Crippen LogP contribution < -0.4 is 11.3 Å². The zero-order chi connectivity index (χ0) is 5.28. The summed E-state index contributed by atoms with van der Waals surface area (Å²) < 4.78 is 0. The number of hydrogen-bond donors (Lipinski definition) is 2. The summed E-state index contributed by atoms with van der Waals surface area (Å²) in [5, 5.41) is 0. The largest absolute Gasteiger partial charge is 0.271 e. The second-order valence-corrected chi connectivity index (χ2v) is 2.29. The van der Waals surface area contributed by atoms with Crippen LogP contribution in [-0.2, 0) is 0 Å². The molecule has 1 saturated carbocycles. The molecule has 1 aliphatic carbocycles. The fraction of sp³-hybridized carbons (Fsp3) is 1.00. The van der Waals surface area contributed by atoms with Gasteiger partial charge in [-0.3, -0.25) is 11.3 Å². The third-order valence-electron chi connectivity index (χ3n) is 1.59. The topological polar surface area (TPSA) is 38.0 Å². The van der Waals surface area contributed by atoms with Gasteiger partial charge in [0.25, 0.3) is 0 Å². The van der Waals surface area contributed by atoms with Gasteiger partial charge in [-0.1, -0.05) is 0 Å². The Morgan fingerprint density at radius 1 is 1.62 bits per heavy atom. The van der Waals surface area contributed by atoms with Gasteiger partial charge in [-0.2, -0.15) is 0 Å². The molecule has 0 saturated heterocycles. The molecule has 1 aliphatic rings. The first-order valence-electron chi connectivity index (χ1n) is 2.80. The molecular formula is C5H13ClN2. The minimum Gasteiger partial charge on any atom is -0.271 e. The normalized spacial score (nSPS) is 21.8. The molecule has 1 rings (SSSR count). The molecule has 0 aromatic rings. The Balaban J connectivity index is 0.000000490. The van der Waals surface area contributed by atoms with Crippen molar-refractivity contribution in [2.45, 2.75) is 25.8 Å². The van der Waals surface area contributed by atoms with Crippen LogP contribution in [0.2, 0.25) is 0 Å². The first kappa shape index (κ1) is 8.21. The third-order valence-corrected chi connectivity index (χ3v) is 1.59. The van der Waals surface area contributed by atoms with Gasteiger partial charge in [-0.25, -0.2) is 0 Å². The van der Waals surface area contributed by atoms with E-state index in [1.165, 1.54) is 12.8 Å². The van der Waals surface area contributed by atoms with Gasteiger partial charge in [0.1, 0.15) is 0 Å². The zero-order valence-electron chi connectivity index (χ0n) is 5.05. The van der Waals surface area contributed by atoms with E-state index in [-0.39, 0.29) is 12.4 Å². The van der Waals surface area contributed by atoms with Gasteiger partial charge in [0.2, 0.25) is 0 Å². The summed E-state index contributed by atoms with van der Waals surface area (Å²) in [6, 6.07) is 0.542. The highest BCUT2D eigenvalue weighted by atomic mass is 35.5. The molecule has 3 N–H and O–H groups in total. The minimum absolute atomic E-state index is 0. The van der Waals surface area contributed by atoms with Gasteiger partial charge in [-0.15, -0.1) is 12.4 Å². The average molecular weight is 137 g/mol. The van der Waals surface area contributed by atoms with Crippen molar-refractivity contribution in [3.63, 3.8) is 0 Å². The van der Waals surface area contributed by atoms with E-state index in [1.807, 2.05) is 0 Å². The van der Waals surface area contributed by atoms with E-state index in [0.29, 0.717) is 6.04 Å². The molecule has 0 spiro atoms. The van der Waals surface area contributed by atoms with Crippen molar-refractivity contribution in [1.29, 1.82) is 0 Å². The van der Waals surface area contributed by atoms with Crippen molar-refractivity contribution in [2.75, 3.05) is 0 Å². The maximum Gasteiger partial charge on any atom is 0.0210 e. The second kappa shape index (κ2) is 3.28. The molecule has 1 atom stereocenters. The van der Waals surface area contributed by atoms with Crippen molar-refractivity contribution in [2.24, 2.45) is 11.8 Å². The van der Waals surface area contributed by atoms with Gasteiger partial charge in [0.15, 0.2) is 0 Å². The SMILES string of the molecule is CC(NN)C1CC1.Cl. The smallest absolute Gasteiger partial charge is 0.0210 e. The molecule has 0 aromatic carbocycles. The maximum atomic E-state index is 5.16. The molecule has 0 radical (unpaired) electrons. The van der Waals surface area contributed by atoms with Crippen LogP contribution in [0.1, 0.15) is 19.8 Å². The molecule has 0 amide bonds. The van der Waals surface area contributed by atoms with Crippen molar-refractivity contribution in [3.05, 3.63) is 0 Å². The molecule has 0 aliphatic heterocycles. The predicted octanol–water partition coefficient (Wildman–Crippen LogP) is 0.670. The van der Waals surface area contributed by atoms with Gasteiger partial charge in [-0.05, 0) is 25.7 Å². The summed E-state index contributed by atoms with van der Waals surface area (Å²) in [7, 11) is 0. The number of nitrogens with two attached hydrogens (primary N) is 1. The van der Waals surface area contributed by atoms with Crippen LogP contribution >= 0.6 is 12.4 Å². The summed E-state index contributed by atoms with van der Waals surface area (Å²) in [5.74, 6) is 6.04. The summed E-state index contributed by atoms with van der Waals surface area (Å²) in [5.41, 5.74) is 2.73. The average Bonchev–Trinajstić information content (AvgIpc) is 2.44. The second-order valence-electron chi connectivity index (χ2n) is 2.29. The molecule has 3 heteroatoms. The zero-order valence-corrected chi connectivity index (χ0v) is 5.87. The van der Waals surface area contributed by atoms with Crippen LogP contribution in [0.4, 0.5) is 0 Å². The van der Waals surface area contributed by atoms with Gasteiger partial charge < -0.3 is 0 Å². The number of rotatable bonds is 2. The lowest BCUT2D eigenvalue weighted by Gasteiger charge is -2.04. The number of halogens is 1. The lowest BCUT2D eigenvalue weighted by atomic mass is 10.2. The fourth-order valence-corrected chi connectivity index (χ4v) is 0.732. The maximum absolute atomic E-state index is 5.16. The lowest BCUT2D eigenvalue weighted by molar-refractivity contribution is 0.513. The molecule has 0 aromatic heterocycles. The van der Waals surface area contributed by atoms with E-state index in [0.717, 1.165) is 5.92 Å². The molecule has 2 nitrogen and oxygen atoms in total. The van der Waals surface area contributed by atoms with Crippen molar-refractivity contribution < 1.29 is 0 Å². The quantitative estimate of drug-likeness (QED) is 0.433. The Morgan fingerprint density at radius 3 is 2.25 bits per heavy atom. The summed E-state index contributed by atoms with van der Waals surface area (Å²) in [4.78, 5) is 0. The van der Waals surface area contributed by atoms with Gasteiger partial charge in [0.05, 0.1) is 0 Å². The van der Waals surface area contributed by atoms with E-state index in [9.17, 15) is 0 Å². The van der Waals surface area contributed by atoms with Crippen molar-refractivity contribution in [1.82, 2.24) is 5.43 Å². The monoisotopic (exact) mass is 136 g/mol. The van der Waals surface area contributed by atoms with Crippen LogP contribution in [0, 0.1) is 5.92 Å². The summed E-state index contributed by atoms with van der Waals surface area (Å²) in [6.07, 6.45) is 2.73. The molecular weight excluding hydrogens is 124 g/mol. The summed E-state index contributed by atoms with van der Waals surface area (Å²) in [6.45, 7) is 2.12. The lowest BCUT2D eigenvalue weighted by Crippen LogP contribution is -2.33. The predicted molar refractivity (Wildman–Crippen MR) is 36.8 cm³/mol. The van der Waals surface area contributed by atoms with E-state index < -0.39 is 0 Å². The molecule has 1 fully saturated rings. The first-order valence-corrected chi connectivity index (χ1v) is 2.80. The van der Waals surface area contributed by atoms with E-state index in [4.69, 9.17) is 5.84 Å². The van der Waals surface area contributed by atoms with Crippen LogP contribution in [0.25, 0.3) is 0 Å². The molecule has 50 valence electrons. The standard InChI is InChI=1S/C5H12N2.ClH/c1-4(7-6)5-2-3-5;/h4-5,7H,2-3,6H2,1H3;1H. The Kier molecular flexibility index (Phi) is 3.36. The molecule has 1 unspecified atom stereocenters. The van der Waals surface area contributed by atoms with E-state index >= 15 is 0 Å². The Hall–Kier alpha value is 0.210. The van der Waals surface area contributed by atoms with E-state index in [2.05, 4.69) is 12.3 Å². The fourth-order valence-electron chi connectivity index (χ4n) is 0.732. The van der Waals surface area contributed by atoms with Gasteiger partial charge in [0, 0.05) is 6.04 Å². The first-order chi connectivity index (χ1) is 3.34. The number of nitrogens with one attached hydrogen (secondary N) is 1. The highest BCUT2D eigenvalue weighted by Gasteiger charge is 2.26. The van der Waals surface area contributed by atoms with Crippen LogP contribution in [0.15, 0.2) is 0 Å². The summed E-state index contributed by atoms with van der Waals surface area (Å²) >= 11 is 0.